The first-order valence-electron chi connectivity index (χ1n) is 7.09. The zero-order valence-corrected chi connectivity index (χ0v) is 12.6. The predicted octanol–water partition coefficient (Wildman–Crippen LogP) is 4.42. The van der Waals surface area contributed by atoms with Crippen molar-refractivity contribution in [1.29, 1.82) is 0 Å². The average molecular weight is 269 g/mol. The number of aryl methyl sites for hydroxylation is 2. The molecular weight excluding hydrogens is 246 g/mol. The molecule has 2 unspecified atom stereocenters. The molecule has 2 rings (SSSR count). The molecule has 2 N–H and O–H groups in total. The summed E-state index contributed by atoms with van der Waals surface area (Å²) >= 11 is 0. The van der Waals surface area contributed by atoms with Crippen LogP contribution >= 0.6 is 0 Å². The lowest BCUT2D eigenvalue weighted by Crippen LogP contribution is -2.22. The summed E-state index contributed by atoms with van der Waals surface area (Å²) in [7, 11) is 0. The summed E-state index contributed by atoms with van der Waals surface area (Å²) in [6.07, 6.45) is 0. The molecule has 0 aliphatic carbocycles. The van der Waals surface area contributed by atoms with Crippen LogP contribution < -0.4 is 5.32 Å². The molecule has 0 radical (unpaired) electrons. The van der Waals surface area contributed by atoms with Gasteiger partial charge in [0.15, 0.2) is 0 Å². The van der Waals surface area contributed by atoms with Gasteiger partial charge in [-0.15, -0.1) is 0 Å². The largest absolute Gasteiger partial charge is 0.508 e. The summed E-state index contributed by atoms with van der Waals surface area (Å²) in [5.41, 5.74) is 4.54. The van der Waals surface area contributed by atoms with E-state index in [1.54, 1.807) is 0 Å². The Hall–Kier alpha value is -1.80. The van der Waals surface area contributed by atoms with Gasteiger partial charge in [-0.1, -0.05) is 42.0 Å². The van der Waals surface area contributed by atoms with E-state index in [0.717, 1.165) is 11.1 Å². The molecule has 2 aromatic rings. The third-order valence-electron chi connectivity index (χ3n) is 3.73. The maximum atomic E-state index is 10.0. The molecule has 0 heterocycles. The van der Waals surface area contributed by atoms with E-state index in [2.05, 4.69) is 50.4 Å². The van der Waals surface area contributed by atoms with Crippen molar-refractivity contribution in [2.45, 2.75) is 39.8 Å². The van der Waals surface area contributed by atoms with Gasteiger partial charge in [0.05, 0.1) is 0 Å². The second kappa shape index (κ2) is 6.10. The van der Waals surface area contributed by atoms with Crippen LogP contribution in [0.3, 0.4) is 0 Å². The van der Waals surface area contributed by atoms with Crippen LogP contribution in [-0.4, -0.2) is 5.11 Å². The molecule has 0 fully saturated rings. The van der Waals surface area contributed by atoms with Crippen LogP contribution in [0.5, 0.6) is 5.75 Å². The van der Waals surface area contributed by atoms with E-state index < -0.39 is 0 Å². The van der Waals surface area contributed by atoms with Gasteiger partial charge in [0.25, 0.3) is 0 Å². The minimum absolute atomic E-state index is 0.104. The Morgan fingerprint density at radius 3 is 2.05 bits per heavy atom. The molecule has 0 aliphatic heterocycles. The molecule has 0 amide bonds. The molecule has 0 saturated carbocycles. The second-order valence-corrected chi connectivity index (χ2v) is 5.58. The van der Waals surface area contributed by atoms with Gasteiger partial charge in [0.2, 0.25) is 0 Å². The van der Waals surface area contributed by atoms with Crippen LogP contribution in [0.4, 0.5) is 0 Å². The van der Waals surface area contributed by atoms with Gasteiger partial charge < -0.3 is 10.4 Å². The van der Waals surface area contributed by atoms with Crippen molar-refractivity contribution >= 4 is 0 Å². The number of phenols is 1. The zero-order chi connectivity index (χ0) is 14.7. The van der Waals surface area contributed by atoms with Crippen LogP contribution in [-0.2, 0) is 0 Å². The van der Waals surface area contributed by atoms with Crippen molar-refractivity contribution in [3.8, 4) is 5.75 Å². The highest BCUT2D eigenvalue weighted by Gasteiger charge is 2.14. The van der Waals surface area contributed by atoms with Crippen molar-refractivity contribution in [2.75, 3.05) is 0 Å². The molecule has 0 aliphatic rings. The van der Waals surface area contributed by atoms with Gasteiger partial charge in [-0.25, -0.2) is 0 Å². The quantitative estimate of drug-likeness (QED) is 0.861. The van der Waals surface area contributed by atoms with Crippen molar-refractivity contribution in [3.05, 3.63) is 64.7 Å². The van der Waals surface area contributed by atoms with Crippen molar-refractivity contribution in [3.63, 3.8) is 0 Å². The molecule has 2 heteroatoms. The number of nitrogens with one attached hydrogen (secondary N) is 1. The molecule has 2 atom stereocenters. The summed E-state index contributed by atoms with van der Waals surface area (Å²) < 4.78 is 0. The van der Waals surface area contributed by atoms with Crippen molar-refractivity contribution in [2.24, 2.45) is 0 Å². The molecule has 2 nitrogen and oxygen atoms in total. The summed E-state index contributed by atoms with van der Waals surface area (Å²) in [6.45, 7) is 8.30. The van der Waals surface area contributed by atoms with Gasteiger partial charge in [-0.3, -0.25) is 0 Å². The molecule has 20 heavy (non-hydrogen) atoms. The fraction of sp³-hybridized carbons (Fsp3) is 0.333. The van der Waals surface area contributed by atoms with Crippen molar-refractivity contribution < 1.29 is 5.11 Å². The standard InChI is InChI=1S/C18H23NO/c1-12-5-8-16(9-6-12)14(3)19-15(4)17-10-7-13(2)11-18(17)20/h5-11,14-15,19-20H,1-4H3. The van der Waals surface area contributed by atoms with Gasteiger partial charge in [0, 0.05) is 17.6 Å². The Balaban J connectivity index is 2.10. The SMILES string of the molecule is Cc1ccc(C(C)NC(C)c2ccc(C)cc2O)cc1. The summed E-state index contributed by atoms with van der Waals surface area (Å²) in [5.74, 6) is 0.362. The summed E-state index contributed by atoms with van der Waals surface area (Å²) in [5, 5.41) is 13.6. The zero-order valence-electron chi connectivity index (χ0n) is 12.6. The Morgan fingerprint density at radius 2 is 1.45 bits per heavy atom. The predicted molar refractivity (Wildman–Crippen MR) is 84.0 cm³/mol. The molecule has 2 aromatic carbocycles. The number of benzene rings is 2. The van der Waals surface area contributed by atoms with E-state index in [4.69, 9.17) is 0 Å². The third-order valence-corrected chi connectivity index (χ3v) is 3.73. The molecule has 0 aromatic heterocycles. The highest BCUT2D eigenvalue weighted by Crippen LogP contribution is 2.27. The first-order valence-corrected chi connectivity index (χ1v) is 7.09. The van der Waals surface area contributed by atoms with Gasteiger partial charge in [0.1, 0.15) is 5.75 Å². The summed E-state index contributed by atoms with van der Waals surface area (Å²) in [6, 6.07) is 14.7. The van der Waals surface area contributed by atoms with E-state index in [1.165, 1.54) is 11.1 Å². The fourth-order valence-electron chi connectivity index (χ4n) is 2.44. The maximum absolute atomic E-state index is 10.0. The lowest BCUT2D eigenvalue weighted by molar-refractivity contribution is 0.438. The summed E-state index contributed by atoms with van der Waals surface area (Å²) in [4.78, 5) is 0. The number of hydrogen-bond donors (Lipinski definition) is 2. The van der Waals surface area contributed by atoms with Crippen LogP contribution in [0.2, 0.25) is 0 Å². The van der Waals surface area contributed by atoms with Crippen LogP contribution in [0.1, 0.15) is 48.2 Å². The molecule has 0 saturated heterocycles. The number of rotatable bonds is 4. The van der Waals surface area contributed by atoms with Crippen LogP contribution in [0.25, 0.3) is 0 Å². The first kappa shape index (κ1) is 14.6. The average Bonchev–Trinajstić information content (AvgIpc) is 2.39. The first-order chi connectivity index (χ1) is 9.47. The third kappa shape index (κ3) is 3.40. The number of hydrogen-bond acceptors (Lipinski definition) is 2. The smallest absolute Gasteiger partial charge is 0.120 e. The highest BCUT2D eigenvalue weighted by molar-refractivity contribution is 5.38. The minimum Gasteiger partial charge on any atom is -0.508 e. The fourth-order valence-corrected chi connectivity index (χ4v) is 2.44. The Bertz CT molecular complexity index is 574. The lowest BCUT2D eigenvalue weighted by Gasteiger charge is -2.21. The van der Waals surface area contributed by atoms with E-state index >= 15 is 0 Å². The van der Waals surface area contributed by atoms with Gasteiger partial charge in [-0.05, 0) is 44.9 Å². The van der Waals surface area contributed by atoms with Crippen molar-refractivity contribution in [1.82, 2.24) is 5.32 Å². The normalized spacial score (nSPS) is 14.0. The second-order valence-electron chi connectivity index (χ2n) is 5.58. The van der Waals surface area contributed by atoms with E-state index in [0.29, 0.717) is 5.75 Å². The molecule has 106 valence electrons. The Kier molecular flexibility index (Phi) is 4.46. The number of phenolic OH excluding ortho intramolecular Hbond substituents is 1. The highest BCUT2D eigenvalue weighted by atomic mass is 16.3. The van der Waals surface area contributed by atoms with Gasteiger partial charge in [-0.2, -0.15) is 0 Å². The molecule has 0 spiro atoms. The monoisotopic (exact) mass is 269 g/mol. The van der Waals surface area contributed by atoms with E-state index in [1.807, 2.05) is 25.1 Å². The minimum atomic E-state index is 0.104. The van der Waals surface area contributed by atoms with E-state index in [9.17, 15) is 5.11 Å². The Morgan fingerprint density at radius 1 is 0.850 bits per heavy atom. The van der Waals surface area contributed by atoms with E-state index in [-0.39, 0.29) is 12.1 Å². The topological polar surface area (TPSA) is 32.3 Å². The van der Waals surface area contributed by atoms with Gasteiger partial charge >= 0.3 is 0 Å². The Labute approximate surface area is 121 Å². The molecular formula is C18H23NO. The lowest BCUT2D eigenvalue weighted by atomic mass is 10.0. The molecule has 0 bridgehead atoms. The van der Waals surface area contributed by atoms with Crippen LogP contribution in [0, 0.1) is 13.8 Å². The number of aromatic hydroxyl groups is 1. The maximum Gasteiger partial charge on any atom is 0.120 e. The van der Waals surface area contributed by atoms with Crippen LogP contribution in [0.15, 0.2) is 42.5 Å².